The maximum atomic E-state index is 12.4. The number of rotatable bonds is 3. The highest BCUT2D eigenvalue weighted by atomic mass is 32.2. The zero-order valence-corrected chi connectivity index (χ0v) is 10.7. The summed E-state index contributed by atoms with van der Waals surface area (Å²) in [6.45, 7) is 0. The Morgan fingerprint density at radius 2 is 1.79 bits per heavy atom. The van der Waals surface area contributed by atoms with Crippen LogP contribution in [0.2, 0.25) is 0 Å². The summed E-state index contributed by atoms with van der Waals surface area (Å²) in [7, 11) is -3.63. The minimum Gasteiger partial charge on any atom is -0.264 e. The fourth-order valence-electron chi connectivity index (χ4n) is 1.94. The zero-order valence-electron chi connectivity index (χ0n) is 9.87. The number of aromatic amines is 1. The second-order valence-electron chi connectivity index (χ2n) is 4.05. The number of fused-ring (bicyclic) bond motifs is 1. The van der Waals surface area contributed by atoms with Crippen molar-refractivity contribution in [3.63, 3.8) is 0 Å². The summed E-state index contributed by atoms with van der Waals surface area (Å²) >= 11 is 0. The van der Waals surface area contributed by atoms with Crippen molar-refractivity contribution in [2.24, 2.45) is 0 Å². The van der Waals surface area contributed by atoms with Crippen LogP contribution in [0.25, 0.3) is 10.8 Å². The van der Waals surface area contributed by atoms with Crippen molar-refractivity contribution in [2.45, 2.75) is 4.90 Å². The molecule has 2 N–H and O–H groups in total. The highest BCUT2D eigenvalue weighted by molar-refractivity contribution is 7.93. The van der Waals surface area contributed by atoms with E-state index in [1.165, 1.54) is 6.20 Å². The molecule has 96 valence electrons. The van der Waals surface area contributed by atoms with Crippen LogP contribution < -0.4 is 4.72 Å². The molecule has 0 saturated carbocycles. The maximum Gasteiger partial charge on any atom is 0.263 e. The van der Waals surface area contributed by atoms with Crippen LogP contribution in [0.3, 0.4) is 0 Å². The van der Waals surface area contributed by atoms with Crippen LogP contribution in [0.15, 0.2) is 59.6 Å². The first-order chi connectivity index (χ1) is 9.17. The van der Waals surface area contributed by atoms with E-state index in [0.717, 1.165) is 5.39 Å². The summed E-state index contributed by atoms with van der Waals surface area (Å²) < 4.78 is 27.2. The molecule has 0 aliphatic carbocycles. The van der Waals surface area contributed by atoms with Gasteiger partial charge in [-0.05, 0) is 11.5 Å². The maximum absolute atomic E-state index is 12.4. The zero-order chi connectivity index (χ0) is 13.3. The van der Waals surface area contributed by atoms with E-state index < -0.39 is 10.0 Å². The molecule has 3 aromatic rings. The molecule has 0 saturated heterocycles. The Balaban J connectivity index is 2.13. The third kappa shape index (κ3) is 2.17. The Kier molecular flexibility index (Phi) is 2.72. The molecule has 0 aliphatic rings. The Labute approximate surface area is 110 Å². The van der Waals surface area contributed by atoms with Crippen molar-refractivity contribution < 1.29 is 8.42 Å². The molecule has 0 fully saturated rings. The van der Waals surface area contributed by atoms with Gasteiger partial charge in [-0.3, -0.25) is 9.82 Å². The first kappa shape index (κ1) is 11.7. The van der Waals surface area contributed by atoms with Gasteiger partial charge in [0.15, 0.2) is 0 Å². The summed E-state index contributed by atoms with van der Waals surface area (Å²) in [5.41, 5.74) is 0. The van der Waals surface area contributed by atoms with Gasteiger partial charge in [-0.15, -0.1) is 0 Å². The van der Waals surface area contributed by atoms with E-state index in [-0.39, 0.29) is 4.90 Å². The quantitative estimate of drug-likeness (QED) is 0.769. The largest absolute Gasteiger partial charge is 0.264 e. The van der Waals surface area contributed by atoms with Gasteiger partial charge in [0.05, 0.1) is 11.1 Å². The van der Waals surface area contributed by atoms with Crippen molar-refractivity contribution in [3.05, 3.63) is 54.7 Å². The third-order valence-corrected chi connectivity index (χ3v) is 4.21. The molecule has 5 nitrogen and oxygen atoms in total. The second kappa shape index (κ2) is 4.40. The first-order valence-corrected chi connectivity index (χ1v) is 7.15. The number of nitrogens with one attached hydrogen (secondary N) is 2. The Bertz CT molecular complexity index is 806. The van der Waals surface area contributed by atoms with Gasteiger partial charge in [-0.25, -0.2) is 8.42 Å². The summed E-state index contributed by atoms with van der Waals surface area (Å²) in [6, 6.07) is 14.1. The van der Waals surface area contributed by atoms with Crippen LogP contribution in [0.4, 0.5) is 5.82 Å². The molecule has 6 heteroatoms. The van der Waals surface area contributed by atoms with E-state index in [2.05, 4.69) is 14.9 Å². The average molecular weight is 273 g/mol. The number of benzene rings is 2. The standard InChI is InChI=1S/C13H11N3O2S/c17-19(18,16-13-8-9-14-15-13)12-7-3-5-10-4-1-2-6-11(10)12/h1-9H,(H2,14,15,16). The van der Waals surface area contributed by atoms with Gasteiger partial charge in [-0.2, -0.15) is 5.10 Å². The number of H-pyrrole nitrogens is 1. The highest BCUT2D eigenvalue weighted by Crippen LogP contribution is 2.24. The molecule has 1 heterocycles. The molecule has 19 heavy (non-hydrogen) atoms. The predicted octanol–water partition coefficient (Wildman–Crippen LogP) is 2.36. The fourth-order valence-corrected chi connectivity index (χ4v) is 3.19. The van der Waals surface area contributed by atoms with Crippen molar-refractivity contribution in [1.29, 1.82) is 0 Å². The van der Waals surface area contributed by atoms with Gasteiger partial charge in [0.2, 0.25) is 0 Å². The molecule has 0 unspecified atom stereocenters. The molecule has 0 aliphatic heterocycles. The minimum absolute atomic E-state index is 0.250. The Hall–Kier alpha value is -2.34. The number of aromatic nitrogens is 2. The van der Waals surface area contributed by atoms with E-state index >= 15 is 0 Å². The van der Waals surface area contributed by atoms with Gasteiger partial charge in [0.25, 0.3) is 10.0 Å². The predicted molar refractivity (Wildman–Crippen MR) is 73.3 cm³/mol. The van der Waals surface area contributed by atoms with Crippen LogP contribution >= 0.6 is 0 Å². The monoisotopic (exact) mass is 273 g/mol. The topological polar surface area (TPSA) is 74.8 Å². The molecule has 0 spiro atoms. The summed E-state index contributed by atoms with van der Waals surface area (Å²) in [5.74, 6) is 0.341. The van der Waals surface area contributed by atoms with E-state index in [1.54, 1.807) is 24.3 Å². The minimum atomic E-state index is -3.63. The average Bonchev–Trinajstić information content (AvgIpc) is 2.90. The highest BCUT2D eigenvalue weighted by Gasteiger charge is 2.17. The normalized spacial score (nSPS) is 11.6. The Morgan fingerprint density at radius 1 is 1.00 bits per heavy atom. The summed E-state index contributed by atoms with van der Waals surface area (Å²) in [4.78, 5) is 0.250. The first-order valence-electron chi connectivity index (χ1n) is 5.67. The van der Waals surface area contributed by atoms with Gasteiger partial charge < -0.3 is 0 Å². The lowest BCUT2D eigenvalue weighted by Gasteiger charge is -2.08. The van der Waals surface area contributed by atoms with Crippen LogP contribution in [-0.2, 0) is 10.0 Å². The lowest BCUT2D eigenvalue weighted by Crippen LogP contribution is -2.13. The number of nitrogens with zero attached hydrogens (tertiary/aromatic N) is 1. The van der Waals surface area contributed by atoms with Gasteiger partial charge >= 0.3 is 0 Å². The van der Waals surface area contributed by atoms with Crippen LogP contribution in [0.5, 0.6) is 0 Å². The van der Waals surface area contributed by atoms with E-state index in [0.29, 0.717) is 11.2 Å². The van der Waals surface area contributed by atoms with Gasteiger partial charge in [0.1, 0.15) is 5.82 Å². The summed E-state index contributed by atoms with van der Waals surface area (Å²) in [6.07, 6.45) is 1.49. The molecule has 3 rings (SSSR count). The van der Waals surface area contributed by atoms with Crippen LogP contribution in [0.1, 0.15) is 0 Å². The molecule has 0 radical (unpaired) electrons. The number of sulfonamides is 1. The molecule has 0 atom stereocenters. The number of hydrogen-bond acceptors (Lipinski definition) is 3. The van der Waals surface area contributed by atoms with Crippen molar-refractivity contribution in [2.75, 3.05) is 4.72 Å². The SMILES string of the molecule is O=S(=O)(Nc1ccn[nH]1)c1cccc2ccccc12. The molecule has 0 bridgehead atoms. The molecule has 0 amide bonds. The molecular formula is C13H11N3O2S. The number of anilines is 1. The molecule has 1 aromatic heterocycles. The van der Waals surface area contributed by atoms with E-state index in [4.69, 9.17) is 0 Å². The van der Waals surface area contributed by atoms with Gasteiger partial charge in [0, 0.05) is 11.5 Å². The van der Waals surface area contributed by atoms with E-state index in [9.17, 15) is 8.42 Å². The third-order valence-electron chi connectivity index (χ3n) is 2.78. The lowest BCUT2D eigenvalue weighted by atomic mass is 10.1. The van der Waals surface area contributed by atoms with Gasteiger partial charge in [-0.1, -0.05) is 36.4 Å². The van der Waals surface area contributed by atoms with Crippen LogP contribution in [0, 0.1) is 0 Å². The van der Waals surface area contributed by atoms with Crippen molar-refractivity contribution in [1.82, 2.24) is 10.2 Å². The Morgan fingerprint density at radius 3 is 2.58 bits per heavy atom. The second-order valence-corrected chi connectivity index (χ2v) is 5.70. The van der Waals surface area contributed by atoms with Crippen molar-refractivity contribution in [3.8, 4) is 0 Å². The summed E-state index contributed by atoms with van der Waals surface area (Å²) in [5, 5.41) is 7.86. The fraction of sp³-hybridized carbons (Fsp3) is 0. The van der Waals surface area contributed by atoms with E-state index in [1.807, 2.05) is 24.3 Å². The molecular weight excluding hydrogens is 262 g/mol. The van der Waals surface area contributed by atoms with Crippen molar-refractivity contribution >= 4 is 26.6 Å². The molecule has 2 aromatic carbocycles. The van der Waals surface area contributed by atoms with Crippen LogP contribution in [-0.4, -0.2) is 18.6 Å². The lowest BCUT2D eigenvalue weighted by molar-refractivity contribution is 0.602. The number of hydrogen-bond donors (Lipinski definition) is 2. The smallest absolute Gasteiger partial charge is 0.263 e.